The lowest BCUT2D eigenvalue weighted by atomic mass is 9.94. The Hall–Kier alpha value is -2.06. The van der Waals surface area contributed by atoms with Gasteiger partial charge < -0.3 is 20.4 Å². The van der Waals surface area contributed by atoms with Crippen LogP contribution in [0.3, 0.4) is 0 Å². The summed E-state index contributed by atoms with van der Waals surface area (Å²) in [6.45, 7) is 3.41. The summed E-state index contributed by atoms with van der Waals surface area (Å²) in [5.74, 6) is 1.79. The molecule has 1 aromatic carbocycles. The molecule has 0 unspecified atom stereocenters. The van der Waals surface area contributed by atoms with Crippen molar-refractivity contribution in [1.29, 1.82) is 0 Å². The summed E-state index contributed by atoms with van der Waals surface area (Å²) < 4.78 is 0. The highest BCUT2D eigenvalue weighted by atomic mass is 32.2. The molecule has 168 valence electrons. The Morgan fingerprint density at radius 3 is 2.52 bits per heavy atom. The average Bonchev–Trinajstić information content (AvgIpc) is 3.24. The molecular weight excluding hydrogens is 412 g/mol. The molecule has 1 aromatic rings. The van der Waals surface area contributed by atoms with Crippen molar-refractivity contribution in [3.8, 4) is 0 Å². The van der Waals surface area contributed by atoms with Crippen molar-refractivity contribution in [2.24, 2.45) is 5.92 Å². The van der Waals surface area contributed by atoms with Gasteiger partial charge >= 0.3 is 11.8 Å². The zero-order valence-corrected chi connectivity index (χ0v) is 18.8. The van der Waals surface area contributed by atoms with Gasteiger partial charge in [0, 0.05) is 36.9 Å². The predicted molar refractivity (Wildman–Crippen MR) is 124 cm³/mol. The first kappa shape index (κ1) is 22.1. The van der Waals surface area contributed by atoms with E-state index >= 15 is 0 Å². The summed E-state index contributed by atoms with van der Waals surface area (Å²) in [5, 5.41) is 5.47. The van der Waals surface area contributed by atoms with Crippen LogP contribution in [0.25, 0.3) is 0 Å². The van der Waals surface area contributed by atoms with Crippen molar-refractivity contribution < 1.29 is 14.4 Å². The number of carbonyl (C=O) groups is 3. The van der Waals surface area contributed by atoms with Crippen LogP contribution in [-0.2, 0) is 14.4 Å². The lowest BCUT2D eigenvalue weighted by molar-refractivity contribution is -0.136. The molecule has 0 bridgehead atoms. The fourth-order valence-corrected chi connectivity index (χ4v) is 5.83. The number of rotatable bonds is 5. The van der Waals surface area contributed by atoms with Crippen LogP contribution < -0.4 is 15.5 Å². The van der Waals surface area contributed by atoms with Crippen LogP contribution in [0, 0.1) is 5.92 Å². The molecule has 0 spiro atoms. The fraction of sp³-hybridized carbons (Fsp3) is 0.609. The molecule has 8 heteroatoms. The van der Waals surface area contributed by atoms with Crippen LogP contribution >= 0.6 is 11.8 Å². The van der Waals surface area contributed by atoms with E-state index in [1.165, 1.54) is 24.3 Å². The van der Waals surface area contributed by atoms with E-state index in [0.29, 0.717) is 31.1 Å². The van der Waals surface area contributed by atoms with Crippen molar-refractivity contribution in [2.75, 3.05) is 47.9 Å². The Labute approximate surface area is 188 Å². The van der Waals surface area contributed by atoms with E-state index in [4.69, 9.17) is 0 Å². The second-order valence-electron chi connectivity index (χ2n) is 8.69. The predicted octanol–water partition coefficient (Wildman–Crippen LogP) is 2.48. The standard InChI is InChI=1S/C23H32N4O3S/c28-21-5-2-10-27(21)20-4-1-3-18(15-20)25-23(30)22(29)24-16-17-6-11-26(12-7-17)19-8-13-31-14-9-19/h1,3-4,15,17,19H,2,5-14,16H2,(H,24,29)(H,25,30). The number of likely N-dealkylation sites (tertiary alicyclic amines) is 1. The molecule has 3 fully saturated rings. The third-order valence-corrected chi connectivity index (χ3v) is 7.65. The van der Waals surface area contributed by atoms with Crippen LogP contribution in [0.1, 0.15) is 38.5 Å². The van der Waals surface area contributed by atoms with Gasteiger partial charge in [-0.2, -0.15) is 11.8 Å². The summed E-state index contributed by atoms with van der Waals surface area (Å²) in [7, 11) is 0. The number of piperidine rings is 1. The number of hydrogen-bond donors (Lipinski definition) is 2. The maximum Gasteiger partial charge on any atom is 0.313 e. The number of hydrogen-bond acceptors (Lipinski definition) is 5. The highest BCUT2D eigenvalue weighted by molar-refractivity contribution is 7.99. The molecule has 0 saturated carbocycles. The Kier molecular flexibility index (Phi) is 7.50. The third-order valence-electron chi connectivity index (χ3n) is 6.60. The van der Waals surface area contributed by atoms with E-state index in [2.05, 4.69) is 27.3 Å². The Bertz CT molecular complexity index is 804. The van der Waals surface area contributed by atoms with E-state index in [1.54, 1.807) is 23.1 Å². The summed E-state index contributed by atoms with van der Waals surface area (Å²) in [4.78, 5) is 40.9. The van der Waals surface area contributed by atoms with Gasteiger partial charge in [-0.1, -0.05) is 6.07 Å². The Morgan fingerprint density at radius 2 is 1.81 bits per heavy atom. The molecule has 3 aliphatic rings. The monoisotopic (exact) mass is 444 g/mol. The molecule has 31 heavy (non-hydrogen) atoms. The molecule has 7 nitrogen and oxygen atoms in total. The summed E-state index contributed by atoms with van der Waals surface area (Å²) >= 11 is 2.06. The molecule has 3 heterocycles. The quantitative estimate of drug-likeness (QED) is 0.682. The van der Waals surface area contributed by atoms with Crippen molar-refractivity contribution in [1.82, 2.24) is 10.2 Å². The lowest BCUT2D eigenvalue weighted by Gasteiger charge is -2.39. The number of nitrogens with one attached hydrogen (secondary N) is 2. The van der Waals surface area contributed by atoms with Gasteiger partial charge in [0.05, 0.1) is 0 Å². The minimum absolute atomic E-state index is 0.0923. The molecule has 4 rings (SSSR count). The molecule has 0 atom stereocenters. The van der Waals surface area contributed by atoms with Crippen molar-refractivity contribution in [2.45, 2.75) is 44.6 Å². The van der Waals surface area contributed by atoms with Gasteiger partial charge in [0.25, 0.3) is 0 Å². The van der Waals surface area contributed by atoms with E-state index in [1.807, 2.05) is 6.07 Å². The molecule has 0 aromatic heterocycles. The van der Waals surface area contributed by atoms with Crippen LogP contribution in [-0.4, -0.2) is 66.3 Å². The van der Waals surface area contributed by atoms with Crippen LogP contribution in [0.15, 0.2) is 24.3 Å². The van der Waals surface area contributed by atoms with Crippen LogP contribution in [0.4, 0.5) is 11.4 Å². The molecule has 0 radical (unpaired) electrons. The van der Waals surface area contributed by atoms with Crippen molar-refractivity contribution in [3.63, 3.8) is 0 Å². The van der Waals surface area contributed by atoms with Gasteiger partial charge in [-0.05, 0) is 80.8 Å². The van der Waals surface area contributed by atoms with E-state index in [9.17, 15) is 14.4 Å². The molecule has 0 aliphatic carbocycles. The number of benzene rings is 1. The number of carbonyl (C=O) groups excluding carboxylic acids is 3. The number of anilines is 2. The highest BCUT2D eigenvalue weighted by Crippen LogP contribution is 2.26. The van der Waals surface area contributed by atoms with E-state index < -0.39 is 11.8 Å². The maximum absolute atomic E-state index is 12.3. The van der Waals surface area contributed by atoms with Crippen molar-refractivity contribution >= 4 is 40.9 Å². The first-order chi connectivity index (χ1) is 15.1. The van der Waals surface area contributed by atoms with Gasteiger partial charge in [0.2, 0.25) is 5.91 Å². The summed E-state index contributed by atoms with van der Waals surface area (Å²) in [6, 6.07) is 7.84. The topological polar surface area (TPSA) is 81.8 Å². The minimum atomic E-state index is -0.665. The van der Waals surface area contributed by atoms with Gasteiger partial charge in [0.15, 0.2) is 0 Å². The number of amides is 3. The molecule has 3 amide bonds. The van der Waals surface area contributed by atoms with E-state index in [0.717, 1.165) is 44.1 Å². The van der Waals surface area contributed by atoms with Crippen LogP contribution in [0.2, 0.25) is 0 Å². The molecular formula is C23H32N4O3S. The lowest BCUT2D eigenvalue weighted by Crippen LogP contribution is -2.45. The zero-order valence-electron chi connectivity index (χ0n) is 18.0. The van der Waals surface area contributed by atoms with Gasteiger partial charge in [-0.15, -0.1) is 0 Å². The minimum Gasteiger partial charge on any atom is -0.348 e. The second kappa shape index (κ2) is 10.5. The Balaban J connectivity index is 1.21. The summed E-state index contributed by atoms with van der Waals surface area (Å²) in [6.07, 6.45) is 6.11. The Morgan fingerprint density at radius 1 is 1.03 bits per heavy atom. The smallest absolute Gasteiger partial charge is 0.313 e. The highest BCUT2D eigenvalue weighted by Gasteiger charge is 2.27. The molecule has 3 aliphatic heterocycles. The number of nitrogens with zero attached hydrogens (tertiary/aromatic N) is 2. The fourth-order valence-electron chi connectivity index (χ4n) is 4.75. The maximum atomic E-state index is 12.3. The van der Waals surface area contributed by atoms with Crippen LogP contribution in [0.5, 0.6) is 0 Å². The van der Waals surface area contributed by atoms with E-state index in [-0.39, 0.29) is 5.91 Å². The van der Waals surface area contributed by atoms with Gasteiger partial charge in [-0.25, -0.2) is 0 Å². The second-order valence-corrected chi connectivity index (χ2v) is 9.91. The summed E-state index contributed by atoms with van der Waals surface area (Å²) in [5.41, 5.74) is 1.28. The normalized spacial score (nSPS) is 21.3. The van der Waals surface area contributed by atoms with Crippen molar-refractivity contribution in [3.05, 3.63) is 24.3 Å². The third kappa shape index (κ3) is 5.80. The largest absolute Gasteiger partial charge is 0.348 e. The van der Waals surface area contributed by atoms with Gasteiger partial charge in [0.1, 0.15) is 0 Å². The SMILES string of the molecule is O=C(NCC1CCN(C2CCSCC2)CC1)C(=O)Nc1cccc(N2CCCC2=O)c1. The number of thioether (sulfide) groups is 1. The van der Waals surface area contributed by atoms with Gasteiger partial charge in [-0.3, -0.25) is 14.4 Å². The first-order valence-electron chi connectivity index (χ1n) is 11.4. The zero-order chi connectivity index (χ0) is 21.6. The molecule has 3 saturated heterocycles. The first-order valence-corrected chi connectivity index (χ1v) is 12.6. The average molecular weight is 445 g/mol. The molecule has 2 N–H and O–H groups in total.